The van der Waals surface area contributed by atoms with E-state index in [4.69, 9.17) is 0 Å². The van der Waals surface area contributed by atoms with E-state index in [2.05, 4.69) is 30.5 Å². The molecular weight excluding hydrogens is 438 g/mol. The van der Waals surface area contributed by atoms with Crippen molar-refractivity contribution >= 4 is 28.6 Å². The molecule has 0 radical (unpaired) electrons. The lowest BCUT2D eigenvalue weighted by Gasteiger charge is -2.27. The summed E-state index contributed by atoms with van der Waals surface area (Å²) in [6, 6.07) is 9.30. The summed E-state index contributed by atoms with van der Waals surface area (Å²) in [7, 11) is 0. The third kappa shape index (κ3) is 4.30. The van der Waals surface area contributed by atoms with Crippen molar-refractivity contribution in [3.8, 4) is 11.4 Å². The number of alkyl halides is 3. The molecule has 0 bridgehead atoms. The molecular formula is C22H19F4N7. The Labute approximate surface area is 185 Å². The number of hydrogen-bond donors (Lipinski definition) is 2. The molecule has 5 rings (SSSR count). The number of aromatic nitrogens is 5. The van der Waals surface area contributed by atoms with E-state index in [0.717, 1.165) is 25.3 Å². The van der Waals surface area contributed by atoms with Crippen LogP contribution < -0.4 is 10.2 Å². The Balaban J connectivity index is 1.61. The number of benzene rings is 2. The summed E-state index contributed by atoms with van der Waals surface area (Å²) in [5, 5.41) is 10.3. The van der Waals surface area contributed by atoms with Gasteiger partial charge in [0.15, 0.2) is 11.6 Å². The number of nitrogens with zero attached hydrogens (tertiary/aromatic N) is 5. The van der Waals surface area contributed by atoms with Gasteiger partial charge in [-0.25, -0.2) is 4.39 Å². The van der Waals surface area contributed by atoms with Gasteiger partial charge in [0.1, 0.15) is 5.82 Å². The van der Waals surface area contributed by atoms with Crippen LogP contribution >= 0.6 is 0 Å². The summed E-state index contributed by atoms with van der Waals surface area (Å²) in [6.45, 7) is 1.39. The predicted molar refractivity (Wildman–Crippen MR) is 116 cm³/mol. The second-order valence-electron chi connectivity index (χ2n) is 7.76. The summed E-state index contributed by atoms with van der Waals surface area (Å²) in [5.41, 5.74) is -0.391. The SMILES string of the molecule is Fc1ccc2[nH]nc(Nc3nc(-c4ccccc4C(F)(F)F)nc(N4CCCCC4)n3)c2c1. The summed E-state index contributed by atoms with van der Waals surface area (Å²) >= 11 is 0. The normalized spacial score (nSPS) is 14.6. The number of piperidine rings is 1. The van der Waals surface area contributed by atoms with Gasteiger partial charge in [-0.15, -0.1) is 0 Å². The van der Waals surface area contributed by atoms with Crippen LogP contribution in [0, 0.1) is 5.82 Å². The van der Waals surface area contributed by atoms with Crippen LogP contribution in [0.1, 0.15) is 24.8 Å². The van der Waals surface area contributed by atoms with Crippen molar-refractivity contribution in [2.45, 2.75) is 25.4 Å². The maximum atomic E-state index is 13.8. The Morgan fingerprint density at radius 1 is 0.939 bits per heavy atom. The highest BCUT2D eigenvalue weighted by atomic mass is 19.4. The molecule has 0 saturated carbocycles. The number of aromatic amines is 1. The van der Waals surface area contributed by atoms with E-state index in [1.54, 1.807) is 6.07 Å². The molecule has 33 heavy (non-hydrogen) atoms. The largest absolute Gasteiger partial charge is 0.417 e. The maximum absolute atomic E-state index is 13.8. The predicted octanol–water partition coefficient (Wildman–Crippen LogP) is 5.31. The van der Waals surface area contributed by atoms with Gasteiger partial charge in [0.05, 0.1) is 11.1 Å². The molecule has 0 unspecified atom stereocenters. The average molecular weight is 457 g/mol. The molecule has 0 spiro atoms. The highest BCUT2D eigenvalue weighted by molar-refractivity contribution is 5.91. The fourth-order valence-electron chi connectivity index (χ4n) is 3.89. The summed E-state index contributed by atoms with van der Waals surface area (Å²) in [4.78, 5) is 15.0. The zero-order valence-electron chi connectivity index (χ0n) is 17.3. The Morgan fingerprint density at radius 3 is 2.52 bits per heavy atom. The van der Waals surface area contributed by atoms with Gasteiger partial charge < -0.3 is 10.2 Å². The molecule has 0 amide bonds. The van der Waals surface area contributed by atoms with Crippen molar-refractivity contribution in [1.82, 2.24) is 25.1 Å². The molecule has 4 aromatic rings. The van der Waals surface area contributed by atoms with Crippen LogP contribution in [0.4, 0.5) is 35.3 Å². The van der Waals surface area contributed by atoms with Gasteiger partial charge in [0, 0.05) is 24.0 Å². The van der Waals surface area contributed by atoms with Crippen LogP contribution in [-0.4, -0.2) is 38.2 Å². The lowest BCUT2D eigenvalue weighted by Crippen LogP contribution is -2.31. The first-order chi connectivity index (χ1) is 15.9. The first kappa shape index (κ1) is 21.1. The zero-order chi connectivity index (χ0) is 23.0. The molecule has 11 heteroatoms. The molecule has 1 aliphatic rings. The standard InChI is InChI=1S/C22H19F4N7/c23-13-8-9-17-15(12-13)19(32-31-17)28-20-27-18(14-6-2-3-7-16(14)22(24,25)26)29-21(30-20)33-10-4-1-5-11-33/h2-3,6-9,12H,1,4-5,10-11H2,(H2,27,28,29,30,31,32). The summed E-state index contributed by atoms with van der Waals surface area (Å²) in [5.74, 6) is 0.0131. The van der Waals surface area contributed by atoms with Crippen LogP contribution in [0.25, 0.3) is 22.3 Å². The topological polar surface area (TPSA) is 82.6 Å². The second kappa shape index (κ2) is 8.30. The van der Waals surface area contributed by atoms with E-state index >= 15 is 0 Å². The van der Waals surface area contributed by atoms with Crippen molar-refractivity contribution in [3.63, 3.8) is 0 Å². The maximum Gasteiger partial charge on any atom is 0.417 e. The van der Waals surface area contributed by atoms with E-state index in [1.807, 2.05) is 4.90 Å². The Bertz CT molecular complexity index is 1300. The smallest absolute Gasteiger partial charge is 0.341 e. The first-order valence-electron chi connectivity index (χ1n) is 10.5. The number of anilines is 3. The molecule has 170 valence electrons. The van der Waals surface area contributed by atoms with Gasteiger partial charge in [0.25, 0.3) is 0 Å². The molecule has 2 N–H and O–H groups in total. The quantitative estimate of drug-likeness (QED) is 0.405. The van der Waals surface area contributed by atoms with Gasteiger partial charge in [-0.3, -0.25) is 5.10 Å². The number of rotatable bonds is 4. The average Bonchev–Trinajstić information content (AvgIpc) is 3.20. The Kier molecular flexibility index (Phi) is 5.31. The van der Waals surface area contributed by atoms with E-state index < -0.39 is 17.6 Å². The van der Waals surface area contributed by atoms with Gasteiger partial charge >= 0.3 is 6.18 Å². The van der Waals surface area contributed by atoms with E-state index in [0.29, 0.717) is 24.0 Å². The van der Waals surface area contributed by atoms with Gasteiger partial charge in [0.2, 0.25) is 11.9 Å². The zero-order valence-corrected chi connectivity index (χ0v) is 17.3. The minimum absolute atomic E-state index is 0.0233. The number of halogens is 4. The molecule has 3 heterocycles. The lowest BCUT2D eigenvalue weighted by molar-refractivity contribution is -0.137. The van der Waals surface area contributed by atoms with Crippen LogP contribution in [0.2, 0.25) is 0 Å². The van der Waals surface area contributed by atoms with E-state index in [9.17, 15) is 17.6 Å². The summed E-state index contributed by atoms with van der Waals surface area (Å²) in [6.07, 6.45) is -1.63. The second-order valence-corrected chi connectivity index (χ2v) is 7.76. The third-order valence-electron chi connectivity index (χ3n) is 5.49. The molecule has 0 atom stereocenters. The van der Waals surface area contributed by atoms with Gasteiger partial charge in [-0.1, -0.05) is 18.2 Å². The molecule has 7 nitrogen and oxygen atoms in total. The van der Waals surface area contributed by atoms with Crippen molar-refractivity contribution in [2.24, 2.45) is 0 Å². The molecule has 1 fully saturated rings. The molecule has 1 saturated heterocycles. The van der Waals surface area contributed by atoms with Crippen molar-refractivity contribution < 1.29 is 17.6 Å². The van der Waals surface area contributed by atoms with Crippen molar-refractivity contribution in [2.75, 3.05) is 23.3 Å². The van der Waals surface area contributed by atoms with Crippen LogP contribution in [0.15, 0.2) is 42.5 Å². The molecule has 2 aromatic carbocycles. The molecule has 0 aliphatic carbocycles. The minimum atomic E-state index is -4.57. The monoisotopic (exact) mass is 457 g/mol. The lowest BCUT2D eigenvalue weighted by atomic mass is 10.1. The van der Waals surface area contributed by atoms with Gasteiger partial charge in [-0.05, 0) is 43.5 Å². The van der Waals surface area contributed by atoms with Crippen molar-refractivity contribution in [1.29, 1.82) is 0 Å². The Hall–Kier alpha value is -3.76. The summed E-state index contributed by atoms with van der Waals surface area (Å²) < 4.78 is 54.7. The number of nitrogens with one attached hydrogen (secondary N) is 2. The molecule has 1 aliphatic heterocycles. The third-order valence-corrected chi connectivity index (χ3v) is 5.49. The number of hydrogen-bond acceptors (Lipinski definition) is 6. The first-order valence-corrected chi connectivity index (χ1v) is 10.5. The van der Waals surface area contributed by atoms with Crippen LogP contribution in [-0.2, 0) is 6.18 Å². The van der Waals surface area contributed by atoms with Crippen molar-refractivity contribution in [3.05, 3.63) is 53.8 Å². The number of H-pyrrole nitrogens is 1. The van der Waals surface area contributed by atoms with E-state index in [1.165, 1.54) is 30.3 Å². The minimum Gasteiger partial charge on any atom is -0.341 e. The van der Waals surface area contributed by atoms with Crippen LogP contribution in [0.5, 0.6) is 0 Å². The van der Waals surface area contributed by atoms with Gasteiger partial charge in [-0.2, -0.15) is 33.2 Å². The fourth-order valence-corrected chi connectivity index (χ4v) is 3.89. The van der Waals surface area contributed by atoms with E-state index in [-0.39, 0.29) is 29.1 Å². The Morgan fingerprint density at radius 2 is 1.73 bits per heavy atom. The molecule has 2 aromatic heterocycles. The van der Waals surface area contributed by atoms with Crippen LogP contribution in [0.3, 0.4) is 0 Å². The highest BCUT2D eigenvalue weighted by Gasteiger charge is 2.34. The highest BCUT2D eigenvalue weighted by Crippen LogP contribution is 2.36. The fraction of sp³-hybridized carbons (Fsp3) is 0.273. The number of fused-ring (bicyclic) bond motifs is 1.